The highest BCUT2D eigenvalue weighted by molar-refractivity contribution is 5.74. The van der Waals surface area contributed by atoms with Crippen molar-refractivity contribution in [3.8, 4) is 5.75 Å². The Morgan fingerprint density at radius 2 is 1.73 bits per heavy atom. The van der Waals surface area contributed by atoms with Crippen molar-refractivity contribution in [2.75, 3.05) is 13.2 Å². The van der Waals surface area contributed by atoms with Crippen molar-refractivity contribution in [1.82, 2.24) is 10.6 Å². The minimum absolute atomic E-state index is 0.00481. The van der Waals surface area contributed by atoms with Crippen molar-refractivity contribution >= 4 is 6.03 Å². The van der Waals surface area contributed by atoms with E-state index in [2.05, 4.69) is 61.7 Å². The molecule has 0 heterocycles. The van der Waals surface area contributed by atoms with Crippen LogP contribution in [-0.4, -0.2) is 19.2 Å². The molecule has 2 aromatic carbocycles. The SMILES string of the molecule is CC(NC(=O)NCCCOc1ccc(C(C)(C)C)cc1)c1ccc2c(c1)CCCC2. The van der Waals surface area contributed by atoms with Crippen LogP contribution in [0, 0.1) is 0 Å². The first-order valence-electron chi connectivity index (χ1n) is 11.2. The van der Waals surface area contributed by atoms with E-state index in [9.17, 15) is 4.79 Å². The average molecular weight is 409 g/mol. The van der Waals surface area contributed by atoms with Crippen LogP contribution in [0.4, 0.5) is 4.79 Å². The van der Waals surface area contributed by atoms with Gasteiger partial charge in [-0.1, -0.05) is 51.1 Å². The number of amides is 2. The lowest BCUT2D eigenvalue weighted by molar-refractivity contribution is 0.236. The van der Waals surface area contributed by atoms with Gasteiger partial charge in [0, 0.05) is 6.54 Å². The molecule has 30 heavy (non-hydrogen) atoms. The van der Waals surface area contributed by atoms with Crippen LogP contribution in [0.5, 0.6) is 5.75 Å². The van der Waals surface area contributed by atoms with Crippen LogP contribution in [0.2, 0.25) is 0 Å². The van der Waals surface area contributed by atoms with Crippen molar-refractivity contribution in [1.29, 1.82) is 0 Å². The van der Waals surface area contributed by atoms with E-state index in [4.69, 9.17) is 4.74 Å². The van der Waals surface area contributed by atoms with Gasteiger partial charge in [0.2, 0.25) is 0 Å². The predicted molar refractivity (Wildman–Crippen MR) is 123 cm³/mol. The quantitative estimate of drug-likeness (QED) is 0.578. The van der Waals surface area contributed by atoms with Gasteiger partial charge in [0.1, 0.15) is 5.75 Å². The molecular formula is C26H36N2O2. The lowest BCUT2D eigenvalue weighted by atomic mass is 9.87. The van der Waals surface area contributed by atoms with Crippen LogP contribution in [-0.2, 0) is 18.3 Å². The zero-order valence-electron chi connectivity index (χ0n) is 18.9. The molecule has 1 unspecified atom stereocenters. The third kappa shape index (κ3) is 6.25. The molecule has 1 atom stereocenters. The molecule has 0 aromatic heterocycles. The largest absolute Gasteiger partial charge is 0.494 e. The number of rotatable bonds is 7. The van der Waals surface area contributed by atoms with E-state index < -0.39 is 0 Å². The first-order chi connectivity index (χ1) is 14.3. The summed E-state index contributed by atoms with van der Waals surface area (Å²) in [5.74, 6) is 0.869. The van der Waals surface area contributed by atoms with Crippen LogP contribution >= 0.6 is 0 Å². The number of nitrogens with one attached hydrogen (secondary N) is 2. The zero-order valence-corrected chi connectivity index (χ0v) is 18.9. The first-order valence-corrected chi connectivity index (χ1v) is 11.2. The van der Waals surface area contributed by atoms with E-state index in [1.807, 2.05) is 19.1 Å². The highest BCUT2D eigenvalue weighted by Gasteiger charge is 2.14. The van der Waals surface area contributed by atoms with Crippen molar-refractivity contribution in [3.05, 3.63) is 64.7 Å². The molecule has 2 aromatic rings. The Balaban J connectivity index is 1.36. The molecule has 162 valence electrons. The highest BCUT2D eigenvalue weighted by atomic mass is 16.5. The Morgan fingerprint density at radius 1 is 1.03 bits per heavy atom. The summed E-state index contributed by atoms with van der Waals surface area (Å²) in [7, 11) is 0. The van der Waals surface area contributed by atoms with Gasteiger partial charge in [-0.3, -0.25) is 0 Å². The fraction of sp³-hybridized carbons (Fsp3) is 0.500. The number of carbonyl (C=O) groups is 1. The lowest BCUT2D eigenvalue weighted by Gasteiger charge is -2.20. The lowest BCUT2D eigenvalue weighted by Crippen LogP contribution is -2.37. The maximum atomic E-state index is 12.2. The average Bonchev–Trinajstić information content (AvgIpc) is 2.72. The second-order valence-electron chi connectivity index (χ2n) is 9.33. The van der Waals surface area contributed by atoms with Gasteiger partial charge >= 0.3 is 6.03 Å². The summed E-state index contributed by atoms with van der Waals surface area (Å²) < 4.78 is 5.79. The molecule has 0 spiro atoms. The second-order valence-corrected chi connectivity index (χ2v) is 9.33. The van der Waals surface area contributed by atoms with Gasteiger partial charge in [0.15, 0.2) is 0 Å². The van der Waals surface area contributed by atoms with Gasteiger partial charge in [-0.05, 0) is 78.8 Å². The van der Waals surface area contributed by atoms with E-state index in [1.165, 1.54) is 41.5 Å². The molecule has 1 aliphatic carbocycles. The Labute approximate surface area is 181 Å². The fourth-order valence-electron chi connectivity index (χ4n) is 3.87. The van der Waals surface area contributed by atoms with Crippen LogP contribution in [0.25, 0.3) is 0 Å². The molecular weight excluding hydrogens is 372 g/mol. The van der Waals surface area contributed by atoms with Crippen LogP contribution in [0.1, 0.15) is 75.3 Å². The summed E-state index contributed by atoms with van der Waals surface area (Å²) >= 11 is 0. The van der Waals surface area contributed by atoms with E-state index in [0.717, 1.165) is 18.6 Å². The van der Waals surface area contributed by atoms with E-state index in [1.54, 1.807) is 0 Å². The fourth-order valence-corrected chi connectivity index (χ4v) is 3.87. The minimum atomic E-state index is -0.130. The van der Waals surface area contributed by atoms with Crippen molar-refractivity contribution < 1.29 is 9.53 Å². The summed E-state index contributed by atoms with van der Waals surface area (Å²) in [6.07, 6.45) is 5.65. The summed E-state index contributed by atoms with van der Waals surface area (Å²) in [6.45, 7) is 9.80. The molecule has 0 saturated carbocycles. The molecule has 0 aliphatic heterocycles. The number of ether oxygens (including phenoxy) is 1. The number of aryl methyl sites for hydroxylation is 2. The number of carbonyl (C=O) groups excluding carboxylic acids is 1. The number of fused-ring (bicyclic) bond motifs is 1. The van der Waals surface area contributed by atoms with Gasteiger partial charge in [0.25, 0.3) is 0 Å². The molecule has 0 bridgehead atoms. The van der Waals surface area contributed by atoms with Crippen molar-refractivity contribution in [2.45, 2.75) is 71.3 Å². The maximum Gasteiger partial charge on any atom is 0.315 e. The second kappa shape index (κ2) is 10.0. The Hall–Kier alpha value is -2.49. The van der Waals surface area contributed by atoms with Gasteiger partial charge < -0.3 is 15.4 Å². The van der Waals surface area contributed by atoms with Gasteiger partial charge in [-0.25, -0.2) is 4.79 Å². The van der Waals surface area contributed by atoms with Gasteiger partial charge in [0.05, 0.1) is 12.6 Å². The Kier molecular flexibility index (Phi) is 7.41. The summed E-state index contributed by atoms with van der Waals surface area (Å²) in [6, 6.07) is 14.8. The molecule has 0 saturated heterocycles. The van der Waals surface area contributed by atoms with Crippen LogP contribution in [0.15, 0.2) is 42.5 Å². The minimum Gasteiger partial charge on any atom is -0.494 e. The van der Waals surface area contributed by atoms with Crippen LogP contribution in [0.3, 0.4) is 0 Å². The molecule has 0 fully saturated rings. The van der Waals surface area contributed by atoms with E-state index >= 15 is 0 Å². The summed E-state index contributed by atoms with van der Waals surface area (Å²) in [5, 5.41) is 5.97. The Bertz CT molecular complexity index is 837. The third-order valence-corrected chi connectivity index (χ3v) is 5.82. The third-order valence-electron chi connectivity index (χ3n) is 5.82. The number of benzene rings is 2. The monoisotopic (exact) mass is 408 g/mol. The smallest absolute Gasteiger partial charge is 0.315 e. The zero-order chi connectivity index (χ0) is 21.6. The van der Waals surface area contributed by atoms with E-state index in [0.29, 0.717) is 13.2 Å². The van der Waals surface area contributed by atoms with Crippen molar-refractivity contribution in [2.24, 2.45) is 0 Å². The molecule has 2 amide bonds. The molecule has 3 rings (SSSR count). The molecule has 4 heteroatoms. The van der Waals surface area contributed by atoms with E-state index in [-0.39, 0.29) is 17.5 Å². The van der Waals surface area contributed by atoms with Crippen LogP contribution < -0.4 is 15.4 Å². The molecule has 2 N–H and O–H groups in total. The summed E-state index contributed by atoms with van der Waals surface area (Å²) in [4.78, 5) is 12.2. The van der Waals surface area contributed by atoms with Gasteiger partial charge in [-0.15, -0.1) is 0 Å². The number of hydrogen-bond donors (Lipinski definition) is 2. The topological polar surface area (TPSA) is 50.4 Å². The molecule has 0 radical (unpaired) electrons. The Morgan fingerprint density at radius 3 is 2.43 bits per heavy atom. The standard InChI is InChI=1S/C26H36N2O2/c1-19(21-11-10-20-8-5-6-9-22(20)18-21)28-25(29)27-16-7-17-30-24-14-12-23(13-15-24)26(2,3)4/h10-15,18-19H,5-9,16-17H2,1-4H3,(H2,27,28,29). The van der Waals surface area contributed by atoms with Gasteiger partial charge in [-0.2, -0.15) is 0 Å². The predicted octanol–water partition coefficient (Wildman–Crippen LogP) is 5.69. The van der Waals surface area contributed by atoms with Crippen molar-refractivity contribution in [3.63, 3.8) is 0 Å². The maximum absolute atomic E-state index is 12.2. The number of hydrogen-bond acceptors (Lipinski definition) is 2. The number of urea groups is 1. The highest BCUT2D eigenvalue weighted by Crippen LogP contribution is 2.25. The molecule has 4 nitrogen and oxygen atoms in total. The first kappa shape index (κ1) is 22.2. The molecule has 1 aliphatic rings. The normalized spacial score (nSPS) is 14.5. The summed E-state index contributed by atoms with van der Waals surface area (Å²) in [5.41, 5.74) is 5.52.